The van der Waals surface area contributed by atoms with Crippen molar-refractivity contribution in [3.8, 4) is 5.75 Å². The van der Waals surface area contributed by atoms with Gasteiger partial charge in [0, 0.05) is 42.2 Å². The van der Waals surface area contributed by atoms with Crippen molar-refractivity contribution >= 4 is 33.2 Å². The number of ether oxygens (including phenoxy) is 2. The third kappa shape index (κ3) is 6.74. The molecule has 6 rings (SSSR count). The van der Waals surface area contributed by atoms with E-state index in [-0.39, 0.29) is 17.3 Å². The lowest BCUT2D eigenvalue weighted by molar-refractivity contribution is -0.112. The van der Waals surface area contributed by atoms with Gasteiger partial charge in [0.2, 0.25) is 10.0 Å². The fourth-order valence-corrected chi connectivity index (χ4v) is 9.23. The highest BCUT2D eigenvalue weighted by Crippen LogP contribution is 2.47. The molecule has 2 bridgehead atoms. The Labute approximate surface area is 273 Å². The Balaban J connectivity index is 1.40. The molecule has 2 N–H and O–H groups in total. The Kier molecular flexibility index (Phi) is 9.46. The van der Waals surface area contributed by atoms with Crippen molar-refractivity contribution in [2.24, 2.45) is 29.1 Å². The van der Waals surface area contributed by atoms with E-state index in [0.717, 1.165) is 69.0 Å². The van der Waals surface area contributed by atoms with Gasteiger partial charge in [-0.05, 0) is 87.0 Å². The molecule has 1 aromatic rings. The van der Waals surface area contributed by atoms with E-state index in [0.29, 0.717) is 42.8 Å². The van der Waals surface area contributed by atoms with Crippen LogP contribution in [0.5, 0.6) is 5.75 Å². The molecule has 1 amide bonds. The maximum absolute atomic E-state index is 13.5. The van der Waals surface area contributed by atoms with Crippen LogP contribution < -0.4 is 19.7 Å². The highest BCUT2D eigenvalue weighted by atomic mass is 35.5. The van der Waals surface area contributed by atoms with E-state index in [1.807, 2.05) is 25.1 Å². The predicted octanol–water partition coefficient (Wildman–Crippen LogP) is 5.80. The number of benzene rings is 1. The molecule has 3 heterocycles. The summed E-state index contributed by atoms with van der Waals surface area (Å²) in [5, 5.41) is 3.59. The highest BCUT2D eigenvalue weighted by Gasteiger charge is 2.48. The van der Waals surface area contributed by atoms with Crippen molar-refractivity contribution in [1.29, 1.82) is 0 Å². The standard InChI is InChI=1S/C35H48ClN3O5S/c1-24-7-6-14-35(22-37-16-18-44-35)30-11-9-27(30)21-39-17-5-4-8-28-20-29(36)13-15-34(28,3)23-43-32-12-10-26(19-31(32)39)33(40)38-45(41,42)25(24)2/h6,10,12-15,19-20,24-25,27-28,30,37H,4-5,7-9,11,16-18,21-23H2,1-3H3,(H,38,40)/b14-6+/t24-,25+,27-,28?,30+,34?,35-/m0/s1. The normalized spacial score (nSPS) is 37.9. The molecular formula is C35H48ClN3O5S. The molecule has 246 valence electrons. The molecule has 1 spiro atoms. The van der Waals surface area contributed by atoms with Gasteiger partial charge in [-0.1, -0.05) is 56.2 Å². The lowest BCUT2D eigenvalue weighted by Crippen LogP contribution is -2.59. The minimum absolute atomic E-state index is 0.190. The summed E-state index contributed by atoms with van der Waals surface area (Å²) in [6.45, 7) is 10.1. The Hall–Kier alpha value is -2.33. The average Bonchev–Trinajstić information content (AvgIpc) is 3.02. The summed E-state index contributed by atoms with van der Waals surface area (Å²) in [7, 11) is -3.91. The van der Waals surface area contributed by atoms with Crippen LogP contribution in [-0.2, 0) is 14.8 Å². The number of sulfonamides is 1. The summed E-state index contributed by atoms with van der Waals surface area (Å²) in [4.78, 5) is 15.9. The number of morpholine rings is 1. The first-order chi connectivity index (χ1) is 21.5. The molecule has 45 heavy (non-hydrogen) atoms. The number of nitrogens with one attached hydrogen (secondary N) is 2. The van der Waals surface area contributed by atoms with Crippen molar-refractivity contribution < 1.29 is 22.7 Å². The second-order valence-corrected chi connectivity index (χ2v) is 16.6. The summed E-state index contributed by atoms with van der Waals surface area (Å²) in [6, 6.07) is 5.34. The summed E-state index contributed by atoms with van der Waals surface area (Å²) >= 11 is 6.44. The number of nitrogens with zero attached hydrogens (tertiary/aromatic N) is 1. The van der Waals surface area contributed by atoms with Crippen molar-refractivity contribution in [1.82, 2.24) is 10.0 Å². The van der Waals surface area contributed by atoms with Gasteiger partial charge in [-0.15, -0.1) is 0 Å². The number of allylic oxidation sites excluding steroid dienone is 4. The molecule has 1 aromatic carbocycles. The third-order valence-electron chi connectivity index (χ3n) is 11.1. The third-order valence-corrected chi connectivity index (χ3v) is 13.3. The van der Waals surface area contributed by atoms with Gasteiger partial charge < -0.3 is 19.7 Å². The zero-order valence-corrected chi connectivity index (χ0v) is 28.3. The number of carbonyl (C=O) groups excluding carboxylic acids is 1. The number of fused-ring (bicyclic) bond motifs is 4. The lowest BCUT2D eigenvalue weighted by atomic mass is 9.63. The first-order valence-corrected chi connectivity index (χ1v) is 18.6. The van der Waals surface area contributed by atoms with E-state index in [9.17, 15) is 13.2 Å². The number of halogens is 1. The molecular weight excluding hydrogens is 610 g/mol. The summed E-state index contributed by atoms with van der Waals surface area (Å²) in [5.74, 6) is 0.897. The molecule has 1 saturated carbocycles. The fraction of sp³-hybridized carbons (Fsp3) is 0.629. The average molecular weight is 658 g/mol. The molecule has 2 aliphatic carbocycles. The molecule has 2 fully saturated rings. The zero-order chi connectivity index (χ0) is 31.8. The molecule has 5 aliphatic rings. The predicted molar refractivity (Wildman–Crippen MR) is 179 cm³/mol. The summed E-state index contributed by atoms with van der Waals surface area (Å²) < 4.78 is 42.4. The largest absolute Gasteiger partial charge is 0.490 e. The number of amides is 1. The van der Waals surface area contributed by atoms with Gasteiger partial charge in [-0.3, -0.25) is 4.79 Å². The summed E-state index contributed by atoms with van der Waals surface area (Å²) in [6.07, 6.45) is 16.4. The highest BCUT2D eigenvalue weighted by molar-refractivity contribution is 7.90. The maximum Gasteiger partial charge on any atom is 0.264 e. The smallest absolute Gasteiger partial charge is 0.264 e. The van der Waals surface area contributed by atoms with E-state index in [1.165, 1.54) is 0 Å². The number of rotatable bonds is 0. The maximum atomic E-state index is 13.5. The Morgan fingerprint density at radius 1 is 1.11 bits per heavy atom. The molecule has 0 radical (unpaired) electrons. The fourth-order valence-electron chi connectivity index (χ4n) is 7.73. The van der Waals surface area contributed by atoms with Crippen LogP contribution >= 0.6 is 11.6 Å². The molecule has 2 unspecified atom stereocenters. The van der Waals surface area contributed by atoms with Crippen LogP contribution in [0.25, 0.3) is 0 Å². The lowest BCUT2D eigenvalue weighted by Gasteiger charge is -2.51. The van der Waals surface area contributed by atoms with Gasteiger partial charge in [-0.2, -0.15) is 0 Å². The SMILES string of the molecule is C[C@@H]1[C@@H](C)C/C=C/[C@]2(CNCCO2)[C@@H]2CC[C@H]2CN2CCCCC3C=C(Cl)C=CC3(C)COc3ccc(cc32)C(=O)NS1(=O)=O. The second kappa shape index (κ2) is 13.1. The van der Waals surface area contributed by atoms with Gasteiger partial charge in [0.1, 0.15) is 11.4 Å². The number of carbonyl (C=O) groups is 1. The first-order valence-electron chi connectivity index (χ1n) is 16.7. The Bertz CT molecular complexity index is 1470. The topological polar surface area (TPSA) is 97.0 Å². The molecule has 1 saturated heterocycles. The number of anilines is 1. The van der Waals surface area contributed by atoms with Crippen LogP contribution in [0.4, 0.5) is 5.69 Å². The van der Waals surface area contributed by atoms with Gasteiger partial charge in [0.05, 0.1) is 24.2 Å². The van der Waals surface area contributed by atoms with Crippen LogP contribution in [0.1, 0.15) is 69.7 Å². The monoisotopic (exact) mass is 657 g/mol. The van der Waals surface area contributed by atoms with Gasteiger partial charge in [0.15, 0.2) is 0 Å². The van der Waals surface area contributed by atoms with E-state index >= 15 is 0 Å². The van der Waals surface area contributed by atoms with Crippen LogP contribution in [0.2, 0.25) is 0 Å². The van der Waals surface area contributed by atoms with Crippen molar-refractivity contribution in [3.63, 3.8) is 0 Å². The number of hydrogen-bond acceptors (Lipinski definition) is 7. The van der Waals surface area contributed by atoms with Crippen LogP contribution in [0.3, 0.4) is 0 Å². The van der Waals surface area contributed by atoms with Crippen molar-refractivity contribution in [3.05, 3.63) is 59.2 Å². The van der Waals surface area contributed by atoms with Gasteiger partial charge >= 0.3 is 0 Å². The molecule has 3 aliphatic heterocycles. The van der Waals surface area contributed by atoms with Crippen molar-refractivity contribution in [2.75, 3.05) is 44.3 Å². The summed E-state index contributed by atoms with van der Waals surface area (Å²) in [5.41, 5.74) is 0.498. The van der Waals surface area contributed by atoms with E-state index in [4.69, 9.17) is 21.1 Å². The van der Waals surface area contributed by atoms with Crippen LogP contribution in [-0.4, -0.2) is 64.6 Å². The minimum Gasteiger partial charge on any atom is -0.490 e. The minimum atomic E-state index is -3.91. The molecule has 7 atom stereocenters. The second-order valence-electron chi connectivity index (χ2n) is 14.1. The molecule has 8 nitrogen and oxygen atoms in total. The van der Waals surface area contributed by atoms with Crippen molar-refractivity contribution in [2.45, 2.75) is 70.1 Å². The van der Waals surface area contributed by atoms with Gasteiger partial charge in [-0.25, -0.2) is 13.1 Å². The van der Waals surface area contributed by atoms with E-state index in [2.05, 4.69) is 46.2 Å². The molecule has 0 aromatic heterocycles. The number of hydrogen-bond donors (Lipinski definition) is 2. The van der Waals surface area contributed by atoms with E-state index < -0.39 is 26.8 Å². The van der Waals surface area contributed by atoms with Gasteiger partial charge in [0.25, 0.3) is 5.91 Å². The van der Waals surface area contributed by atoms with Crippen LogP contribution in [0.15, 0.2) is 53.6 Å². The zero-order valence-electron chi connectivity index (χ0n) is 26.8. The quantitative estimate of drug-likeness (QED) is 0.341. The van der Waals surface area contributed by atoms with Crippen LogP contribution in [0, 0.1) is 29.1 Å². The van der Waals surface area contributed by atoms with E-state index in [1.54, 1.807) is 13.0 Å². The first kappa shape index (κ1) is 32.6. The Morgan fingerprint density at radius 3 is 2.71 bits per heavy atom. The Morgan fingerprint density at radius 2 is 1.96 bits per heavy atom. The molecule has 10 heteroatoms.